The van der Waals surface area contributed by atoms with Crippen molar-refractivity contribution in [3.63, 3.8) is 0 Å². The lowest BCUT2D eigenvalue weighted by Crippen LogP contribution is -2.01. The fraction of sp³-hybridized carbons (Fsp3) is 0.667. The van der Waals surface area contributed by atoms with E-state index in [1.54, 1.807) is 12.1 Å². The molecule has 1 aromatic heterocycles. The molecule has 0 spiro atoms. The lowest BCUT2D eigenvalue weighted by Gasteiger charge is -2.06. The minimum atomic E-state index is -0.511. The summed E-state index contributed by atoms with van der Waals surface area (Å²) >= 11 is 0. The highest BCUT2D eigenvalue weighted by Crippen LogP contribution is 2.23. The molecule has 0 unspecified atom stereocenters. The number of nitro groups is 1. The summed E-state index contributed by atoms with van der Waals surface area (Å²) in [7, 11) is 0. The monoisotopic (exact) mass is 280 g/mol. The smallest absolute Gasteiger partial charge is 0.406 e. The molecule has 1 heterocycles. The van der Waals surface area contributed by atoms with Crippen LogP contribution in [0.4, 0.5) is 5.82 Å². The Morgan fingerprint density at radius 1 is 1.15 bits per heavy atom. The summed E-state index contributed by atoms with van der Waals surface area (Å²) < 4.78 is 5.44. The fourth-order valence-electron chi connectivity index (χ4n) is 2.05. The molecule has 0 bridgehead atoms. The number of nitrogens with zero attached hydrogens (tertiary/aromatic N) is 2. The number of hydrogen-bond acceptors (Lipinski definition) is 4. The van der Waals surface area contributed by atoms with Crippen LogP contribution in [0.25, 0.3) is 0 Å². The van der Waals surface area contributed by atoms with Gasteiger partial charge in [0.25, 0.3) is 0 Å². The summed E-state index contributed by atoms with van der Waals surface area (Å²) in [6.07, 6.45) is 11.2. The fourth-order valence-corrected chi connectivity index (χ4v) is 2.05. The van der Waals surface area contributed by atoms with Crippen LogP contribution in [0.2, 0.25) is 0 Å². The molecule has 112 valence electrons. The normalized spacial score (nSPS) is 10.4. The second-order valence-electron chi connectivity index (χ2n) is 4.91. The molecule has 0 atom stereocenters. The standard InChI is InChI=1S/C15H24N2O3/c1-2-3-4-5-6-7-8-9-13-20-14-11-10-12-16-15(14)17(18)19/h10-12H,2-9,13H2,1H3. The van der Waals surface area contributed by atoms with Crippen LogP contribution in [0.1, 0.15) is 58.3 Å². The molecule has 0 fully saturated rings. The van der Waals surface area contributed by atoms with Crippen molar-refractivity contribution in [3.05, 3.63) is 28.4 Å². The molecule has 0 aliphatic rings. The predicted molar refractivity (Wildman–Crippen MR) is 79.0 cm³/mol. The summed E-state index contributed by atoms with van der Waals surface area (Å²) in [6, 6.07) is 3.24. The third-order valence-electron chi connectivity index (χ3n) is 3.18. The first kappa shape index (κ1) is 16.4. The Kier molecular flexibility index (Phi) is 8.35. The molecule has 0 amide bonds. The van der Waals surface area contributed by atoms with Crippen LogP contribution >= 0.6 is 0 Å². The van der Waals surface area contributed by atoms with E-state index in [0.717, 1.165) is 12.8 Å². The van der Waals surface area contributed by atoms with Crippen LogP contribution in [0.3, 0.4) is 0 Å². The molecular formula is C15H24N2O3. The molecule has 1 rings (SSSR count). The van der Waals surface area contributed by atoms with Crippen LogP contribution in [-0.2, 0) is 0 Å². The molecular weight excluding hydrogens is 256 g/mol. The van der Waals surface area contributed by atoms with Gasteiger partial charge in [0.2, 0.25) is 5.75 Å². The number of ether oxygens (including phenoxy) is 1. The van der Waals surface area contributed by atoms with Gasteiger partial charge in [-0.25, -0.2) is 0 Å². The lowest BCUT2D eigenvalue weighted by atomic mass is 10.1. The van der Waals surface area contributed by atoms with Gasteiger partial charge in [-0.05, 0) is 28.5 Å². The summed E-state index contributed by atoms with van der Waals surface area (Å²) in [5, 5.41) is 10.7. The van der Waals surface area contributed by atoms with Gasteiger partial charge >= 0.3 is 5.82 Å². The molecule has 0 aromatic carbocycles. The van der Waals surface area contributed by atoms with Crippen molar-refractivity contribution in [2.45, 2.75) is 58.3 Å². The van der Waals surface area contributed by atoms with Gasteiger partial charge in [-0.1, -0.05) is 51.9 Å². The summed E-state index contributed by atoms with van der Waals surface area (Å²) in [5.41, 5.74) is 0. The van der Waals surface area contributed by atoms with Crippen molar-refractivity contribution in [1.82, 2.24) is 4.98 Å². The number of hydrogen-bond donors (Lipinski definition) is 0. The molecule has 0 saturated carbocycles. The Labute approximate surface area is 120 Å². The molecule has 0 aliphatic carbocycles. The van der Waals surface area contributed by atoms with Gasteiger partial charge in [0.05, 0.1) is 6.61 Å². The number of aromatic nitrogens is 1. The highest BCUT2D eigenvalue weighted by Gasteiger charge is 2.14. The first-order chi connectivity index (χ1) is 9.75. The highest BCUT2D eigenvalue weighted by atomic mass is 16.6. The van der Waals surface area contributed by atoms with E-state index in [1.165, 1.54) is 44.7 Å². The first-order valence-corrected chi connectivity index (χ1v) is 7.48. The predicted octanol–water partition coefficient (Wildman–Crippen LogP) is 4.51. The number of pyridine rings is 1. The first-order valence-electron chi connectivity index (χ1n) is 7.48. The highest BCUT2D eigenvalue weighted by molar-refractivity contribution is 5.38. The second-order valence-corrected chi connectivity index (χ2v) is 4.91. The zero-order valence-electron chi connectivity index (χ0n) is 12.2. The van der Waals surface area contributed by atoms with E-state index in [0.29, 0.717) is 6.61 Å². The van der Waals surface area contributed by atoms with E-state index in [9.17, 15) is 10.1 Å². The number of rotatable bonds is 11. The average molecular weight is 280 g/mol. The Morgan fingerprint density at radius 2 is 1.80 bits per heavy atom. The SMILES string of the molecule is CCCCCCCCCCOc1cccnc1[N+](=O)[O-]. The van der Waals surface area contributed by atoms with Gasteiger partial charge in [0.15, 0.2) is 0 Å². The minimum Gasteiger partial charge on any atom is -0.486 e. The molecule has 5 heteroatoms. The van der Waals surface area contributed by atoms with Gasteiger partial charge < -0.3 is 14.9 Å². The summed E-state index contributed by atoms with van der Waals surface area (Å²) in [6.45, 7) is 2.73. The largest absolute Gasteiger partial charge is 0.486 e. The Balaban J connectivity index is 2.11. The lowest BCUT2D eigenvalue weighted by molar-refractivity contribution is -0.390. The van der Waals surface area contributed by atoms with Crippen molar-refractivity contribution in [1.29, 1.82) is 0 Å². The van der Waals surface area contributed by atoms with E-state index in [-0.39, 0.29) is 11.6 Å². The quantitative estimate of drug-likeness (QED) is 0.340. The van der Waals surface area contributed by atoms with E-state index in [1.807, 2.05) is 0 Å². The molecule has 0 aliphatic heterocycles. The van der Waals surface area contributed by atoms with Gasteiger partial charge in [-0.3, -0.25) is 0 Å². The Morgan fingerprint density at radius 3 is 2.45 bits per heavy atom. The third kappa shape index (κ3) is 6.50. The van der Waals surface area contributed by atoms with Crippen molar-refractivity contribution < 1.29 is 9.66 Å². The summed E-state index contributed by atoms with van der Waals surface area (Å²) in [5.74, 6) is 0.0625. The van der Waals surface area contributed by atoms with Crippen LogP contribution in [0.5, 0.6) is 5.75 Å². The maximum atomic E-state index is 10.7. The van der Waals surface area contributed by atoms with Crippen LogP contribution < -0.4 is 4.74 Å². The van der Waals surface area contributed by atoms with Crippen LogP contribution in [-0.4, -0.2) is 16.5 Å². The van der Waals surface area contributed by atoms with Gasteiger partial charge in [0, 0.05) is 0 Å². The molecule has 0 N–H and O–H groups in total. The second kappa shape index (κ2) is 10.2. The van der Waals surface area contributed by atoms with Crippen molar-refractivity contribution in [2.24, 2.45) is 0 Å². The molecule has 20 heavy (non-hydrogen) atoms. The van der Waals surface area contributed by atoms with E-state index < -0.39 is 4.92 Å². The third-order valence-corrected chi connectivity index (χ3v) is 3.18. The van der Waals surface area contributed by atoms with Gasteiger partial charge in [-0.15, -0.1) is 0 Å². The van der Waals surface area contributed by atoms with Crippen LogP contribution in [0.15, 0.2) is 18.3 Å². The van der Waals surface area contributed by atoms with Gasteiger partial charge in [-0.2, -0.15) is 0 Å². The van der Waals surface area contributed by atoms with Crippen molar-refractivity contribution >= 4 is 5.82 Å². The van der Waals surface area contributed by atoms with Crippen molar-refractivity contribution in [3.8, 4) is 5.75 Å². The molecule has 1 aromatic rings. The van der Waals surface area contributed by atoms with E-state index >= 15 is 0 Å². The molecule has 0 saturated heterocycles. The topological polar surface area (TPSA) is 65.3 Å². The average Bonchev–Trinajstić information content (AvgIpc) is 2.46. The van der Waals surface area contributed by atoms with E-state index in [4.69, 9.17) is 4.74 Å². The van der Waals surface area contributed by atoms with E-state index in [2.05, 4.69) is 11.9 Å². The minimum absolute atomic E-state index is 0.202. The zero-order chi connectivity index (χ0) is 14.6. The van der Waals surface area contributed by atoms with Crippen LogP contribution in [0, 0.1) is 10.1 Å². The van der Waals surface area contributed by atoms with Gasteiger partial charge in [0.1, 0.15) is 6.20 Å². The Hall–Kier alpha value is -1.65. The summed E-state index contributed by atoms with van der Waals surface area (Å²) in [4.78, 5) is 13.9. The maximum Gasteiger partial charge on any atom is 0.406 e. The van der Waals surface area contributed by atoms with Crippen molar-refractivity contribution in [2.75, 3.05) is 6.61 Å². The maximum absolute atomic E-state index is 10.7. The molecule has 5 nitrogen and oxygen atoms in total. The molecule has 0 radical (unpaired) electrons. The zero-order valence-corrected chi connectivity index (χ0v) is 12.2. The Bertz CT molecular complexity index is 396. The number of unbranched alkanes of at least 4 members (excludes halogenated alkanes) is 7.